The van der Waals surface area contributed by atoms with Gasteiger partial charge in [0, 0.05) is 28.5 Å². The molecule has 2 N–H and O–H groups in total. The number of halogens is 1. The second kappa shape index (κ2) is 8.08. The minimum absolute atomic E-state index is 0.332. The molecule has 7 nitrogen and oxygen atoms in total. The van der Waals surface area contributed by atoms with E-state index in [-0.39, 0.29) is 18.8 Å². The van der Waals surface area contributed by atoms with Gasteiger partial charge in [0.05, 0.1) is 42.4 Å². The maximum Gasteiger partial charge on any atom is 0.261 e. The highest BCUT2D eigenvalue weighted by atomic mass is 35.5. The number of aliphatic hydroxyl groups is 2. The van der Waals surface area contributed by atoms with E-state index in [4.69, 9.17) is 16.6 Å². The summed E-state index contributed by atoms with van der Waals surface area (Å²) >= 11 is 5.99. The standard InChI is InChI=1S/C21H17ClN4O3/c22-15-5-3-13(4-6-15)18-8-17-20(19(25-18)14-2-1-7-23-9-14)24-12-26(21(17)29)16(10-27)11-28/h1-9,12,16,27-28H,10-11H2. The second-order valence-corrected chi connectivity index (χ2v) is 6.91. The van der Waals surface area contributed by atoms with Gasteiger partial charge in [-0.25, -0.2) is 9.97 Å². The lowest BCUT2D eigenvalue weighted by Gasteiger charge is -2.16. The third-order valence-corrected chi connectivity index (χ3v) is 4.91. The monoisotopic (exact) mass is 408 g/mol. The Morgan fingerprint density at radius 2 is 1.83 bits per heavy atom. The molecule has 0 saturated carbocycles. The number of fused-ring (bicyclic) bond motifs is 1. The summed E-state index contributed by atoms with van der Waals surface area (Å²) in [6.45, 7) is -0.762. The number of hydrogen-bond acceptors (Lipinski definition) is 6. The number of pyridine rings is 2. The van der Waals surface area contributed by atoms with Gasteiger partial charge in [0.2, 0.25) is 0 Å². The first-order valence-electron chi connectivity index (χ1n) is 8.92. The van der Waals surface area contributed by atoms with E-state index in [1.165, 1.54) is 10.9 Å². The molecule has 4 rings (SSSR count). The van der Waals surface area contributed by atoms with Gasteiger partial charge in [-0.1, -0.05) is 23.7 Å². The first-order valence-corrected chi connectivity index (χ1v) is 9.30. The topological polar surface area (TPSA) is 101 Å². The molecule has 4 aromatic rings. The van der Waals surface area contributed by atoms with Crippen LogP contribution in [0.15, 0.2) is 66.0 Å². The molecular weight excluding hydrogens is 392 g/mol. The molecule has 1 aromatic carbocycles. The van der Waals surface area contributed by atoms with E-state index >= 15 is 0 Å². The Hall–Kier alpha value is -3.13. The van der Waals surface area contributed by atoms with Crippen molar-refractivity contribution in [1.82, 2.24) is 19.5 Å². The lowest BCUT2D eigenvalue weighted by Crippen LogP contribution is -2.29. The van der Waals surface area contributed by atoms with Gasteiger partial charge in [0.25, 0.3) is 5.56 Å². The predicted molar refractivity (Wildman–Crippen MR) is 111 cm³/mol. The van der Waals surface area contributed by atoms with Crippen LogP contribution in [0, 0.1) is 0 Å². The molecule has 146 valence electrons. The molecule has 0 atom stereocenters. The van der Waals surface area contributed by atoms with E-state index in [1.807, 2.05) is 18.2 Å². The molecule has 0 aliphatic carbocycles. The molecule has 0 radical (unpaired) electrons. The minimum atomic E-state index is -0.770. The summed E-state index contributed by atoms with van der Waals surface area (Å²) < 4.78 is 1.24. The van der Waals surface area contributed by atoms with E-state index in [0.717, 1.165) is 11.1 Å². The molecule has 3 aromatic heterocycles. The lowest BCUT2D eigenvalue weighted by atomic mass is 10.1. The van der Waals surface area contributed by atoms with Crippen LogP contribution < -0.4 is 5.56 Å². The van der Waals surface area contributed by atoms with Gasteiger partial charge in [-0.3, -0.25) is 14.3 Å². The van der Waals surface area contributed by atoms with Crippen LogP contribution in [0.2, 0.25) is 5.02 Å². The summed E-state index contributed by atoms with van der Waals surface area (Å²) in [5.41, 5.74) is 2.66. The van der Waals surface area contributed by atoms with Gasteiger partial charge in [0.15, 0.2) is 0 Å². The third-order valence-electron chi connectivity index (χ3n) is 4.66. The highest BCUT2D eigenvalue weighted by Crippen LogP contribution is 2.29. The normalized spacial score (nSPS) is 11.3. The van der Waals surface area contributed by atoms with Crippen molar-refractivity contribution in [3.05, 3.63) is 76.6 Å². The largest absolute Gasteiger partial charge is 0.394 e. The zero-order valence-electron chi connectivity index (χ0n) is 15.2. The molecule has 3 heterocycles. The molecule has 0 unspecified atom stereocenters. The maximum atomic E-state index is 13.1. The Morgan fingerprint density at radius 3 is 2.48 bits per heavy atom. The Labute approximate surface area is 170 Å². The fourth-order valence-electron chi connectivity index (χ4n) is 3.11. The van der Waals surface area contributed by atoms with Gasteiger partial charge in [-0.15, -0.1) is 0 Å². The average Bonchev–Trinajstić information content (AvgIpc) is 2.76. The summed E-state index contributed by atoms with van der Waals surface area (Å²) in [6, 6.07) is 11.7. The number of hydrogen-bond donors (Lipinski definition) is 2. The summed E-state index contributed by atoms with van der Waals surface area (Å²) in [5, 5.41) is 19.9. The van der Waals surface area contributed by atoms with E-state index in [0.29, 0.717) is 27.3 Å². The van der Waals surface area contributed by atoms with Gasteiger partial charge in [-0.05, 0) is 30.3 Å². The van der Waals surface area contributed by atoms with Crippen molar-refractivity contribution in [1.29, 1.82) is 0 Å². The number of aliphatic hydroxyl groups excluding tert-OH is 2. The van der Waals surface area contributed by atoms with Gasteiger partial charge >= 0.3 is 0 Å². The smallest absolute Gasteiger partial charge is 0.261 e. The zero-order chi connectivity index (χ0) is 20.4. The van der Waals surface area contributed by atoms with Crippen LogP contribution in [0.3, 0.4) is 0 Å². The van der Waals surface area contributed by atoms with E-state index < -0.39 is 6.04 Å². The zero-order valence-corrected chi connectivity index (χ0v) is 16.0. The fraction of sp³-hybridized carbons (Fsp3) is 0.143. The number of benzene rings is 1. The molecule has 0 amide bonds. The number of rotatable bonds is 5. The number of aromatic nitrogens is 4. The summed E-state index contributed by atoms with van der Waals surface area (Å²) in [5.74, 6) is 0. The first kappa shape index (κ1) is 19.2. The SMILES string of the molecule is O=c1c2cc(-c3ccc(Cl)cc3)nc(-c3cccnc3)c2ncn1C(CO)CO. The first-order chi connectivity index (χ1) is 14.1. The molecule has 8 heteroatoms. The van der Waals surface area contributed by atoms with E-state index in [1.54, 1.807) is 36.7 Å². The van der Waals surface area contributed by atoms with Crippen LogP contribution in [0.1, 0.15) is 6.04 Å². The maximum absolute atomic E-state index is 13.1. The van der Waals surface area contributed by atoms with Crippen molar-refractivity contribution >= 4 is 22.5 Å². The summed E-state index contributed by atoms with van der Waals surface area (Å²) in [6.07, 6.45) is 4.64. The average molecular weight is 409 g/mol. The van der Waals surface area contributed by atoms with Crippen molar-refractivity contribution in [2.24, 2.45) is 0 Å². The molecule has 0 aliphatic rings. The molecule has 29 heavy (non-hydrogen) atoms. The van der Waals surface area contributed by atoms with Crippen LogP contribution in [0.25, 0.3) is 33.4 Å². The van der Waals surface area contributed by atoms with Crippen LogP contribution in [0.4, 0.5) is 0 Å². The van der Waals surface area contributed by atoms with Crippen molar-refractivity contribution < 1.29 is 10.2 Å². The van der Waals surface area contributed by atoms with Gasteiger partial charge < -0.3 is 10.2 Å². The van der Waals surface area contributed by atoms with Crippen molar-refractivity contribution in [3.8, 4) is 22.5 Å². The van der Waals surface area contributed by atoms with E-state index in [9.17, 15) is 15.0 Å². The molecule has 0 spiro atoms. The molecule has 0 saturated heterocycles. The van der Waals surface area contributed by atoms with Crippen LogP contribution in [0.5, 0.6) is 0 Å². The Balaban J connectivity index is 2.03. The summed E-state index contributed by atoms with van der Waals surface area (Å²) in [4.78, 5) is 26.4. The Morgan fingerprint density at radius 1 is 1.07 bits per heavy atom. The van der Waals surface area contributed by atoms with Crippen LogP contribution in [-0.2, 0) is 0 Å². The van der Waals surface area contributed by atoms with E-state index in [2.05, 4.69) is 9.97 Å². The molecule has 0 aliphatic heterocycles. The van der Waals surface area contributed by atoms with Crippen LogP contribution in [-0.4, -0.2) is 42.9 Å². The minimum Gasteiger partial charge on any atom is -0.394 e. The van der Waals surface area contributed by atoms with Crippen molar-refractivity contribution in [3.63, 3.8) is 0 Å². The van der Waals surface area contributed by atoms with Crippen molar-refractivity contribution in [2.45, 2.75) is 6.04 Å². The fourth-order valence-corrected chi connectivity index (χ4v) is 3.24. The van der Waals surface area contributed by atoms with Crippen LogP contribution >= 0.6 is 11.6 Å². The quantitative estimate of drug-likeness (QED) is 0.526. The Kier molecular flexibility index (Phi) is 5.35. The highest BCUT2D eigenvalue weighted by Gasteiger charge is 2.18. The molecular formula is C21H17ClN4O3. The van der Waals surface area contributed by atoms with Crippen molar-refractivity contribution in [2.75, 3.05) is 13.2 Å². The predicted octanol–water partition coefficient (Wildman–Crippen LogP) is 2.70. The summed E-state index contributed by atoms with van der Waals surface area (Å²) in [7, 11) is 0. The number of nitrogens with zero attached hydrogens (tertiary/aromatic N) is 4. The molecule has 0 bridgehead atoms. The van der Waals surface area contributed by atoms with Gasteiger partial charge in [-0.2, -0.15) is 0 Å². The van der Waals surface area contributed by atoms with Gasteiger partial charge in [0.1, 0.15) is 5.52 Å². The highest BCUT2D eigenvalue weighted by molar-refractivity contribution is 6.30. The third kappa shape index (κ3) is 3.63. The second-order valence-electron chi connectivity index (χ2n) is 6.48. The Bertz CT molecular complexity index is 1210. The molecule has 0 fully saturated rings. The lowest BCUT2D eigenvalue weighted by molar-refractivity contribution is 0.152.